The highest BCUT2D eigenvalue weighted by Gasteiger charge is 2.48. The number of rotatable bonds is 15. The Morgan fingerprint density at radius 2 is 1.12 bits per heavy atom. The number of fused-ring (bicyclic) bond motifs is 5. The molecule has 11 rings (SSSR count). The molecule has 0 amide bonds. The number of hydrogen-bond donors (Lipinski definition) is 0. The zero-order valence-corrected chi connectivity index (χ0v) is 48.3. The first-order valence-corrected chi connectivity index (χ1v) is 28.5. The van der Waals surface area contributed by atoms with E-state index in [0.717, 1.165) is 46.4 Å². The standard InChI is InChI=1S/C61H49N.C16H19N.C2H6/c1-6-40(4)47-22-16-18-28-55(47)61(54(8-3)41(5)7-2)56-29-19-17-23-48(56)53-38-45(34-36-57(53)61)42-30-32-43(33-31-42)46-35-37-58(62-39-46)60-51-26-14-12-24-49(51)59(44-20-10-9-11-21-44)50-25-13-15-27-52(50)60;1-5-6-7-8-14(4)11-15-12-17-10-9-16(15)13(2)3;1-2/h7-40H,2-3,6H2,1,4-5H3;5-10,12H,2,4,11H2,1,3H3;1-2H3/b54-41+;6-5-,8-7-;. The lowest BCUT2D eigenvalue weighted by Gasteiger charge is -2.38. The predicted octanol–water partition coefficient (Wildman–Crippen LogP) is 21.9. The van der Waals surface area contributed by atoms with Crippen LogP contribution in [-0.2, 0) is 11.8 Å². The summed E-state index contributed by atoms with van der Waals surface area (Å²) in [5.74, 6) is 0.393. The van der Waals surface area contributed by atoms with Crippen molar-refractivity contribution in [3.05, 3.63) is 320 Å². The normalized spacial score (nSPS) is 14.0. The zero-order chi connectivity index (χ0) is 57.0. The van der Waals surface area contributed by atoms with Gasteiger partial charge in [-0.2, -0.15) is 0 Å². The fraction of sp³-hybridized carbons (Fsp3) is 0.139. The molecule has 2 nitrogen and oxygen atoms in total. The van der Waals surface area contributed by atoms with E-state index in [1.807, 2.05) is 76.5 Å². The van der Waals surface area contributed by atoms with Crippen molar-refractivity contribution in [2.24, 2.45) is 0 Å². The third-order valence-electron chi connectivity index (χ3n) is 15.9. The minimum absolute atomic E-state index is 0.393. The van der Waals surface area contributed by atoms with Gasteiger partial charge < -0.3 is 0 Å². The van der Waals surface area contributed by atoms with Gasteiger partial charge in [-0.3, -0.25) is 9.97 Å². The number of pyridine rings is 2. The molecule has 2 heterocycles. The van der Waals surface area contributed by atoms with Crippen LogP contribution in [0.1, 0.15) is 94.2 Å². The molecule has 2 unspecified atom stereocenters. The summed E-state index contributed by atoms with van der Waals surface area (Å²) in [6, 6.07) is 68.6. The number of hydrogen-bond acceptors (Lipinski definition) is 2. The van der Waals surface area contributed by atoms with Crippen LogP contribution in [0.4, 0.5) is 0 Å². The third kappa shape index (κ3) is 11.1. The van der Waals surface area contributed by atoms with E-state index in [-0.39, 0.29) is 0 Å². The molecule has 0 aliphatic heterocycles. The summed E-state index contributed by atoms with van der Waals surface area (Å²) >= 11 is 0. The van der Waals surface area contributed by atoms with Crippen LogP contribution in [-0.4, -0.2) is 9.97 Å². The van der Waals surface area contributed by atoms with Crippen LogP contribution in [0, 0.1) is 0 Å². The lowest BCUT2D eigenvalue weighted by atomic mass is 9.63. The number of allylic oxidation sites excluding steroid dienone is 10. The van der Waals surface area contributed by atoms with Crippen molar-refractivity contribution < 1.29 is 0 Å². The van der Waals surface area contributed by atoms with Crippen LogP contribution in [0.3, 0.4) is 0 Å². The Morgan fingerprint density at radius 3 is 1.73 bits per heavy atom. The second kappa shape index (κ2) is 25.7. The quantitative estimate of drug-likeness (QED) is 0.0755. The molecule has 1 aliphatic carbocycles. The molecule has 0 N–H and O–H groups in total. The average molecular weight is 1050 g/mol. The maximum atomic E-state index is 5.15. The Morgan fingerprint density at radius 1 is 0.556 bits per heavy atom. The van der Waals surface area contributed by atoms with Crippen molar-refractivity contribution in [2.45, 2.75) is 72.6 Å². The Balaban J connectivity index is 0.000000357. The van der Waals surface area contributed by atoms with Crippen LogP contribution in [0.5, 0.6) is 0 Å². The lowest BCUT2D eigenvalue weighted by molar-refractivity contribution is 0.683. The molecule has 2 aromatic heterocycles. The van der Waals surface area contributed by atoms with Gasteiger partial charge in [-0.15, -0.1) is 0 Å². The average Bonchev–Trinajstić information content (AvgIpc) is 4.01. The summed E-state index contributed by atoms with van der Waals surface area (Å²) in [6.45, 7) is 31.5. The van der Waals surface area contributed by atoms with Crippen molar-refractivity contribution in [1.29, 1.82) is 0 Å². The molecule has 2 atom stereocenters. The number of nitrogens with zero attached hydrogens (tertiary/aromatic N) is 2. The maximum Gasteiger partial charge on any atom is 0.0718 e. The van der Waals surface area contributed by atoms with E-state index >= 15 is 0 Å². The van der Waals surface area contributed by atoms with Crippen LogP contribution < -0.4 is 0 Å². The summed E-state index contributed by atoms with van der Waals surface area (Å²) in [5.41, 5.74) is 23.2. The van der Waals surface area contributed by atoms with E-state index in [0.29, 0.717) is 5.92 Å². The fourth-order valence-corrected chi connectivity index (χ4v) is 11.9. The van der Waals surface area contributed by atoms with Crippen molar-refractivity contribution in [3.63, 3.8) is 0 Å². The minimum Gasteiger partial charge on any atom is -0.264 e. The lowest BCUT2D eigenvalue weighted by Crippen LogP contribution is -2.31. The van der Waals surface area contributed by atoms with Gasteiger partial charge in [0, 0.05) is 29.7 Å². The van der Waals surface area contributed by atoms with Gasteiger partial charge in [0.25, 0.3) is 0 Å². The zero-order valence-electron chi connectivity index (χ0n) is 48.3. The molecular formula is C79H74N2. The van der Waals surface area contributed by atoms with Crippen molar-refractivity contribution in [2.75, 3.05) is 0 Å². The van der Waals surface area contributed by atoms with Gasteiger partial charge in [-0.1, -0.05) is 271 Å². The van der Waals surface area contributed by atoms with E-state index in [9.17, 15) is 0 Å². The van der Waals surface area contributed by atoms with Gasteiger partial charge in [0.1, 0.15) is 0 Å². The van der Waals surface area contributed by atoms with Crippen LogP contribution in [0.2, 0.25) is 0 Å². The molecule has 10 aromatic rings. The summed E-state index contributed by atoms with van der Waals surface area (Å²) in [4.78, 5) is 9.31. The fourth-order valence-electron chi connectivity index (χ4n) is 11.9. The van der Waals surface area contributed by atoms with E-state index in [1.54, 1.807) is 6.20 Å². The molecule has 0 fully saturated rings. The Kier molecular flexibility index (Phi) is 17.9. The first kappa shape index (κ1) is 56.5. The van der Waals surface area contributed by atoms with Gasteiger partial charge in [0.2, 0.25) is 0 Å². The van der Waals surface area contributed by atoms with Gasteiger partial charge in [-0.05, 0) is 163 Å². The molecule has 81 heavy (non-hydrogen) atoms. The van der Waals surface area contributed by atoms with Crippen LogP contribution in [0.25, 0.3) is 82.9 Å². The van der Waals surface area contributed by atoms with Crippen LogP contribution >= 0.6 is 0 Å². The van der Waals surface area contributed by atoms with Gasteiger partial charge in [0.15, 0.2) is 0 Å². The smallest absolute Gasteiger partial charge is 0.0718 e. The summed E-state index contributed by atoms with van der Waals surface area (Å²) in [6.07, 6.45) is 19.6. The summed E-state index contributed by atoms with van der Waals surface area (Å²) in [7, 11) is 0. The predicted molar refractivity (Wildman–Crippen MR) is 352 cm³/mol. The van der Waals surface area contributed by atoms with E-state index in [1.165, 1.54) is 99.4 Å². The molecule has 8 aromatic carbocycles. The van der Waals surface area contributed by atoms with E-state index in [2.05, 4.69) is 240 Å². The summed E-state index contributed by atoms with van der Waals surface area (Å²) < 4.78 is 0. The molecule has 0 saturated heterocycles. The molecule has 400 valence electrons. The molecule has 2 heteroatoms. The Bertz CT molecular complexity index is 3960. The highest BCUT2D eigenvalue weighted by atomic mass is 14.7. The highest BCUT2D eigenvalue weighted by Crippen LogP contribution is 2.59. The molecule has 1 aliphatic rings. The largest absolute Gasteiger partial charge is 0.264 e. The van der Waals surface area contributed by atoms with Crippen molar-refractivity contribution in [3.8, 4) is 55.8 Å². The van der Waals surface area contributed by atoms with E-state index < -0.39 is 5.41 Å². The first-order valence-electron chi connectivity index (χ1n) is 28.5. The van der Waals surface area contributed by atoms with Gasteiger partial charge >= 0.3 is 0 Å². The van der Waals surface area contributed by atoms with Crippen molar-refractivity contribution >= 4 is 27.1 Å². The molecule has 0 bridgehead atoms. The SMILES string of the molecule is C=C(/C=C\C=C/C)Cc1cnccc1C(=C)C.C=C/C(C)=C(\C=C)C1(c2ccccc2C(C)CC)c2ccccc2-c2cc(-c3ccc(-c4ccc(-c5c6ccccc6c(-c6ccccc6)c6ccccc56)nc4)cc3)ccc21.CC. The topological polar surface area (TPSA) is 25.8 Å². The van der Waals surface area contributed by atoms with E-state index in [4.69, 9.17) is 4.98 Å². The molecule has 0 saturated carbocycles. The Labute approximate surface area is 482 Å². The van der Waals surface area contributed by atoms with Crippen molar-refractivity contribution in [1.82, 2.24) is 9.97 Å². The van der Waals surface area contributed by atoms with Crippen LogP contribution in [0.15, 0.2) is 286 Å². The second-order valence-electron chi connectivity index (χ2n) is 20.7. The summed E-state index contributed by atoms with van der Waals surface area (Å²) in [5, 5.41) is 4.87. The highest BCUT2D eigenvalue weighted by molar-refractivity contribution is 6.21. The first-order chi connectivity index (χ1) is 39.6. The molecular weight excluding hydrogens is 977 g/mol. The molecule has 0 spiro atoms. The minimum atomic E-state index is -0.532. The molecule has 0 radical (unpaired) electrons. The number of benzene rings is 8. The number of aromatic nitrogens is 2. The maximum absolute atomic E-state index is 5.15. The van der Waals surface area contributed by atoms with Gasteiger partial charge in [-0.25, -0.2) is 0 Å². The monoisotopic (exact) mass is 1050 g/mol. The van der Waals surface area contributed by atoms with Gasteiger partial charge in [0.05, 0.1) is 11.1 Å². The second-order valence-corrected chi connectivity index (χ2v) is 20.7. The Hall–Kier alpha value is -9.24. The third-order valence-corrected chi connectivity index (χ3v) is 15.9.